The lowest BCUT2D eigenvalue weighted by Gasteiger charge is -2.14. The van der Waals surface area contributed by atoms with Crippen LogP contribution >= 0.6 is 0 Å². The highest BCUT2D eigenvalue weighted by molar-refractivity contribution is 5.91. The van der Waals surface area contributed by atoms with Gasteiger partial charge in [0.15, 0.2) is 0 Å². The zero-order valence-electron chi connectivity index (χ0n) is 11.5. The van der Waals surface area contributed by atoms with Gasteiger partial charge in [-0.25, -0.2) is 9.18 Å². The first kappa shape index (κ1) is 14.8. The molecular weight excluding hydrogens is 275 g/mol. The Labute approximate surface area is 121 Å². The van der Waals surface area contributed by atoms with Gasteiger partial charge in [0.05, 0.1) is 0 Å². The number of phenolic OH excluding ortho intramolecular Hbond substituents is 1. The maximum atomic E-state index is 13.6. The van der Waals surface area contributed by atoms with E-state index in [-0.39, 0.29) is 11.5 Å². The molecule has 21 heavy (non-hydrogen) atoms. The smallest absolute Gasteiger partial charge is 0.342 e. The minimum atomic E-state index is -1.40. The summed E-state index contributed by atoms with van der Waals surface area (Å²) < 4.78 is 19.2. The van der Waals surface area contributed by atoms with Crippen LogP contribution in [0, 0.1) is 5.82 Å². The summed E-state index contributed by atoms with van der Waals surface area (Å²) in [5, 5.41) is 18.9. The second kappa shape index (κ2) is 6.26. The van der Waals surface area contributed by atoms with Crippen LogP contribution in [-0.2, 0) is 6.42 Å². The van der Waals surface area contributed by atoms with Gasteiger partial charge in [-0.1, -0.05) is 25.5 Å². The maximum absolute atomic E-state index is 13.6. The molecule has 0 bridgehead atoms. The van der Waals surface area contributed by atoms with Gasteiger partial charge in [-0.05, 0) is 30.7 Å². The van der Waals surface area contributed by atoms with Gasteiger partial charge in [0, 0.05) is 5.56 Å². The van der Waals surface area contributed by atoms with Crippen molar-refractivity contribution in [2.45, 2.75) is 19.8 Å². The van der Waals surface area contributed by atoms with Gasteiger partial charge in [0.1, 0.15) is 28.6 Å². The summed E-state index contributed by atoms with van der Waals surface area (Å²) >= 11 is 0. The van der Waals surface area contributed by atoms with Gasteiger partial charge in [-0.2, -0.15) is 0 Å². The SMILES string of the molecule is CCCc1c(O)cccc1Oc1cccc(F)c1C(=O)O. The average molecular weight is 290 g/mol. The topological polar surface area (TPSA) is 66.8 Å². The average Bonchev–Trinajstić information content (AvgIpc) is 2.42. The molecular formula is C16H15FO4. The van der Waals surface area contributed by atoms with Crippen LogP contribution in [0.2, 0.25) is 0 Å². The van der Waals surface area contributed by atoms with Crippen LogP contribution in [-0.4, -0.2) is 16.2 Å². The number of hydrogen-bond donors (Lipinski definition) is 2. The highest BCUT2D eigenvalue weighted by atomic mass is 19.1. The molecule has 0 saturated carbocycles. The Hall–Kier alpha value is -2.56. The summed E-state index contributed by atoms with van der Waals surface area (Å²) in [7, 11) is 0. The normalized spacial score (nSPS) is 10.4. The molecule has 4 nitrogen and oxygen atoms in total. The first-order chi connectivity index (χ1) is 10.0. The third-order valence-corrected chi connectivity index (χ3v) is 3.02. The molecule has 0 aromatic heterocycles. The van der Waals surface area contributed by atoms with Crippen molar-refractivity contribution in [3.8, 4) is 17.2 Å². The molecule has 0 spiro atoms. The molecule has 0 saturated heterocycles. The third-order valence-electron chi connectivity index (χ3n) is 3.02. The highest BCUT2D eigenvalue weighted by Gasteiger charge is 2.19. The van der Waals surface area contributed by atoms with Crippen LogP contribution in [0.3, 0.4) is 0 Å². The van der Waals surface area contributed by atoms with E-state index in [1.54, 1.807) is 12.1 Å². The Morgan fingerprint density at radius 3 is 2.52 bits per heavy atom. The summed E-state index contributed by atoms with van der Waals surface area (Å²) in [4.78, 5) is 11.1. The summed E-state index contributed by atoms with van der Waals surface area (Å²) in [5.41, 5.74) is 0.0453. The zero-order valence-corrected chi connectivity index (χ0v) is 11.5. The molecule has 2 aromatic rings. The van der Waals surface area contributed by atoms with Crippen molar-refractivity contribution in [2.24, 2.45) is 0 Å². The number of carboxylic acids is 1. The van der Waals surface area contributed by atoms with Crippen LogP contribution in [0.4, 0.5) is 4.39 Å². The molecule has 0 fully saturated rings. The Kier molecular flexibility index (Phi) is 4.42. The van der Waals surface area contributed by atoms with Gasteiger partial charge >= 0.3 is 5.97 Å². The quantitative estimate of drug-likeness (QED) is 0.874. The lowest BCUT2D eigenvalue weighted by Crippen LogP contribution is -2.04. The Balaban J connectivity index is 2.46. The fourth-order valence-corrected chi connectivity index (χ4v) is 2.07. The van der Waals surface area contributed by atoms with Gasteiger partial charge in [-0.3, -0.25) is 0 Å². The number of halogens is 1. The van der Waals surface area contributed by atoms with Crippen LogP contribution in [0.15, 0.2) is 36.4 Å². The minimum absolute atomic E-state index is 0.0719. The number of carboxylic acid groups (broad SMARTS) is 1. The van der Waals surface area contributed by atoms with Crippen LogP contribution in [0.25, 0.3) is 0 Å². The van der Waals surface area contributed by atoms with E-state index < -0.39 is 17.3 Å². The molecule has 2 aromatic carbocycles. The van der Waals surface area contributed by atoms with Gasteiger partial charge < -0.3 is 14.9 Å². The maximum Gasteiger partial charge on any atom is 0.342 e. The largest absolute Gasteiger partial charge is 0.508 e. The van der Waals surface area contributed by atoms with Crippen molar-refractivity contribution >= 4 is 5.97 Å². The monoisotopic (exact) mass is 290 g/mol. The molecule has 5 heteroatoms. The molecule has 0 amide bonds. The van der Waals surface area contributed by atoms with Crippen molar-refractivity contribution in [1.29, 1.82) is 0 Å². The fourth-order valence-electron chi connectivity index (χ4n) is 2.07. The highest BCUT2D eigenvalue weighted by Crippen LogP contribution is 2.34. The molecule has 0 aliphatic heterocycles. The van der Waals surface area contributed by atoms with E-state index in [2.05, 4.69) is 0 Å². The number of ether oxygens (including phenoxy) is 1. The summed E-state index contributed by atoms with van der Waals surface area (Å²) in [6.07, 6.45) is 1.35. The molecule has 0 aliphatic carbocycles. The molecule has 0 radical (unpaired) electrons. The predicted octanol–water partition coefficient (Wildman–Crippen LogP) is 3.97. The van der Waals surface area contributed by atoms with E-state index in [9.17, 15) is 14.3 Å². The zero-order chi connectivity index (χ0) is 15.4. The summed E-state index contributed by atoms with van der Waals surface area (Å²) in [6.45, 7) is 1.95. The van der Waals surface area contributed by atoms with Gasteiger partial charge in [-0.15, -0.1) is 0 Å². The van der Waals surface area contributed by atoms with Crippen molar-refractivity contribution in [1.82, 2.24) is 0 Å². The number of phenols is 1. The number of aromatic carboxylic acids is 1. The summed E-state index contributed by atoms with van der Waals surface area (Å²) in [5.74, 6) is -1.96. The first-order valence-electron chi connectivity index (χ1n) is 6.55. The Bertz CT molecular complexity index is 667. The third kappa shape index (κ3) is 3.13. The van der Waals surface area contributed by atoms with Crippen molar-refractivity contribution < 1.29 is 24.1 Å². The number of carbonyl (C=O) groups is 1. The standard InChI is InChI=1S/C16H15FO4/c1-2-5-10-12(18)7-4-8-13(10)21-14-9-3-6-11(17)15(14)16(19)20/h3-4,6-9,18H,2,5H2,1H3,(H,19,20). The van der Waals surface area contributed by atoms with Gasteiger partial charge in [0.2, 0.25) is 0 Å². The molecule has 110 valence electrons. The van der Waals surface area contributed by atoms with E-state index in [0.29, 0.717) is 17.7 Å². The lowest BCUT2D eigenvalue weighted by atomic mass is 10.1. The lowest BCUT2D eigenvalue weighted by molar-refractivity contribution is 0.0689. The van der Waals surface area contributed by atoms with Gasteiger partial charge in [0.25, 0.3) is 0 Å². The van der Waals surface area contributed by atoms with E-state index in [0.717, 1.165) is 12.5 Å². The van der Waals surface area contributed by atoms with Crippen LogP contribution in [0.5, 0.6) is 17.2 Å². The number of rotatable bonds is 5. The predicted molar refractivity (Wildman–Crippen MR) is 75.5 cm³/mol. The van der Waals surface area contributed by atoms with Crippen LogP contribution < -0.4 is 4.74 Å². The molecule has 0 unspecified atom stereocenters. The minimum Gasteiger partial charge on any atom is -0.508 e. The first-order valence-corrected chi connectivity index (χ1v) is 6.55. The second-order valence-electron chi connectivity index (χ2n) is 4.52. The molecule has 2 N–H and O–H groups in total. The van der Waals surface area contributed by atoms with E-state index in [1.165, 1.54) is 18.2 Å². The Morgan fingerprint density at radius 2 is 1.86 bits per heavy atom. The van der Waals surface area contributed by atoms with Crippen molar-refractivity contribution in [2.75, 3.05) is 0 Å². The molecule has 0 heterocycles. The number of aromatic hydroxyl groups is 1. The number of hydrogen-bond acceptors (Lipinski definition) is 3. The Morgan fingerprint density at radius 1 is 1.19 bits per heavy atom. The molecule has 0 atom stereocenters. The molecule has 2 rings (SSSR count). The second-order valence-corrected chi connectivity index (χ2v) is 4.52. The van der Waals surface area contributed by atoms with Crippen LogP contribution in [0.1, 0.15) is 29.3 Å². The fraction of sp³-hybridized carbons (Fsp3) is 0.188. The van der Waals surface area contributed by atoms with E-state index in [1.807, 2.05) is 6.92 Å². The van der Waals surface area contributed by atoms with E-state index >= 15 is 0 Å². The van der Waals surface area contributed by atoms with Crippen molar-refractivity contribution in [3.63, 3.8) is 0 Å². The molecule has 0 aliphatic rings. The number of benzene rings is 2. The van der Waals surface area contributed by atoms with E-state index in [4.69, 9.17) is 9.84 Å². The summed E-state index contributed by atoms with van der Waals surface area (Å²) in [6, 6.07) is 8.55. The van der Waals surface area contributed by atoms with Crippen molar-refractivity contribution in [3.05, 3.63) is 53.3 Å².